The van der Waals surface area contributed by atoms with E-state index in [1.54, 1.807) is 0 Å². The van der Waals surface area contributed by atoms with Gasteiger partial charge in [-0.15, -0.1) is 0 Å². The van der Waals surface area contributed by atoms with E-state index in [-0.39, 0.29) is 5.69 Å². The topological polar surface area (TPSA) is 75.1 Å². The molecule has 2 rings (SSSR count). The van der Waals surface area contributed by atoms with Gasteiger partial charge in [0.05, 0.1) is 0 Å². The number of nitrogens with one attached hydrogen (secondary N) is 1. The van der Waals surface area contributed by atoms with Crippen molar-refractivity contribution in [3.63, 3.8) is 0 Å². The van der Waals surface area contributed by atoms with E-state index in [4.69, 9.17) is 5.11 Å². The summed E-state index contributed by atoms with van der Waals surface area (Å²) in [6.45, 7) is 3.85. The number of aromatic nitrogens is 2. The molecule has 2 N–H and O–H groups in total. The van der Waals surface area contributed by atoms with Crippen molar-refractivity contribution in [1.82, 2.24) is 9.97 Å². The molecular formula is C10H11N3O2. The van der Waals surface area contributed by atoms with Gasteiger partial charge in [0, 0.05) is 11.9 Å². The van der Waals surface area contributed by atoms with Gasteiger partial charge in [-0.2, -0.15) is 0 Å². The molecule has 1 fully saturated rings. The SMILES string of the molecule is C=C(Nc1nccc(C(=O)O)n1)C1CC1. The predicted octanol–water partition coefficient (Wildman–Crippen LogP) is 1.51. The summed E-state index contributed by atoms with van der Waals surface area (Å²) in [7, 11) is 0. The molecule has 1 aromatic rings. The number of hydrogen-bond acceptors (Lipinski definition) is 4. The van der Waals surface area contributed by atoms with Crippen LogP contribution in [-0.2, 0) is 0 Å². The minimum absolute atomic E-state index is 0.0175. The number of carboxylic acids is 1. The number of rotatable bonds is 4. The third kappa shape index (κ3) is 2.31. The molecule has 78 valence electrons. The molecule has 0 bridgehead atoms. The Morgan fingerprint density at radius 2 is 2.33 bits per heavy atom. The summed E-state index contributed by atoms with van der Waals surface area (Å²) in [6, 6.07) is 1.35. The first-order chi connectivity index (χ1) is 7.16. The van der Waals surface area contributed by atoms with Gasteiger partial charge in [-0.25, -0.2) is 14.8 Å². The smallest absolute Gasteiger partial charge is 0.354 e. The van der Waals surface area contributed by atoms with E-state index in [2.05, 4.69) is 21.9 Å². The third-order valence-corrected chi connectivity index (χ3v) is 2.22. The van der Waals surface area contributed by atoms with Crippen molar-refractivity contribution in [3.8, 4) is 0 Å². The van der Waals surface area contributed by atoms with Crippen LogP contribution in [0.3, 0.4) is 0 Å². The van der Waals surface area contributed by atoms with Crippen molar-refractivity contribution in [2.75, 3.05) is 5.32 Å². The zero-order valence-corrected chi connectivity index (χ0v) is 8.10. The second-order valence-corrected chi connectivity index (χ2v) is 3.50. The zero-order valence-electron chi connectivity index (χ0n) is 8.10. The van der Waals surface area contributed by atoms with Crippen LogP contribution in [0.4, 0.5) is 5.95 Å². The maximum atomic E-state index is 10.6. The first-order valence-electron chi connectivity index (χ1n) is 4.69. The fourth-order valence-corrected chi connectivity index (χ4v) is 1.22. The molecule has 0 unspecified atom stereocenters. The third-order valence-electron chi connectivity index (χ3n) is 2.22. The predicted molar refractivity (Wildman–Crippen MR) is 54.5 cm³/mol. The Balaban J connectivity index is 2.10. The molecule has 1 aromatic heterocycles. The summed E-state index contributed by atoms with van der Waals surface area (Å²) in [5.74, 6) is -0.272. The average molecular weight is 205 g/mol. The van der Waals surface area contributed by atoms with Gasteiger partial charge in [0.15, 0.2) is 5.69 Å². The molecule has 0 radical (unpaired) electrons. The van der Waals surface area contributed by atoms with Gasteiger partial charge in [-0.05, 0) is 24.8 Å². The summed E-state index contributed by atoms with van der Waals surface area (Å²) >= 11 is 0. The van der Waals surface area contributed by atoms with Crippen LogP contribution < -0.4 is 5.32 Å². The highest BCUT2D eigenvalue weighted by atomic mass is 16.4. The maximum Gasteiger partial charge on any atom is 0.354 e. The highest BCUT2D eigenvalue weighted by Crippen LogP contribution is 2.35. The molecule has 1 saturated carbocycles. The quantitative estimate of drug-likeness (QED) is 0.779. The van der Waals surface area contributed by atoms with Gasteiger partial charge in [0.2, 0.25) is 5.95 Å². The largest absolute Gasteiger partial charge is 0.477 e. The summed E-state index contributed by atoms with van der Waals surface area (Å²) in [5, 5.41) is 11.6. The fraction of sp³-hybridized carbons (Fsp3) is 0.300. The number of hydrogen-bond donors (Lipinski definition) is 2. The lowest BCUT2D eigenvalue weighted by atomic mass is 10.3. The number of carboxylic acid groups (broad SMARTS) is 1. The average Bonchev–Trinajstić information content (AvgIpc) is 3.01. The second-order valence-electron chi connectivity index (χ2n) is 3.50. The molecule has 0 saturated heterocycles. The lowest BCUT2D eigenvalue weighted by Gasteiger charge is -2.06. The van der Waals surface area contributed by atoms with E-state index < -0.39 is 5.97 Å². The van der Waals surface area contributed by atoms with Crippen LogP contribution in [-0.4, -0.2) is 21.0 Å². The van der Waals surface area contributed by atoms with Crippen molar-refractivity contribution in [2.24, 2.45) is 5.92 Å². The van der Waals surface area contributed by atoms with Gasteiger partial charge < -0.3 is 10.4 Å². The van der Waals surface area contributed by atoms with E-state index in [1.165, 1.54) is 12.3 Å². The van der Waals surface area contributed by atoms with Gasteiger partial charge in [0.25, 0.3) is 0 Å². The van der Waals surface area contributed by atoms with Crippen molar-refractivity contribution in [1.29, 1.82) is 0 Å². The fourth-order valence-electron chi connectivity index (χ4n) is 1.22. The number of nitrogens with zero attached hydrogens (tertiary/aromatic N) is 2. The Morgan fingerprint density at radius 3 is 2.93 bits per heavy atom. The van der Waals surface area contributed by atoms with Crippen molar-refractivity contribution in [2.45, 2.75) is 12.8 Å². The van der Waals surface area contributed by atoms with Crippen LogP contribution >= 0.6 is 0 Å². The van der Waals surface area contributed by atoms with E-state index in [0.29, 0.717) is 11.9 Å². The lowest BCUT2D eigenvalue weighted by molar-refractivity contribution is 0.0690. The molecule has 0 aromatic carbocycles. The summed E-state index contributed by atoms with van der Waals surface area (Å²) in [4.78, 5) is 18.4. The first kappa shape index (κ1) is 9.64. The Morgan fingerprint density at radius 1 is 1.60 bits per heavy atom. The van der Waals surface area contributed by atoms with Gasteiger partial charge in [-0.1, -0.05) is 6.58 Å². The van der Waals surface area contributed by atoms with Crippen LogP contribution in [0, 0.1) is 5.92 Å². The molecular weight excluding hydrogens is 194 g/mol. The molecule has 0 amide bonds. The van der Waals surface area contributed by atoms with E-state index in [1.807, 2.05) is 0 Å². The van der Waals surface area contributed by atoms with Gasteiger partial charge in [-0.3, -0.25) is 0 Å². The lowest BCUT2D eigenvalue weighted by Crippen LogP contribution is -2.07. The van der Waals surface area contributed by atoms with Crippen LogP contribution in [0.5, 0.6) is 0 Å². The molecule has 0 aliphatic heterocycles. The van der Waals surface area contributed by atoms with Crippen LogP contribution in [0.25, 0.3) is 0 Å². The second kappa shape index (κ2) is 3.68. The minimum atomic E-state index is -1.06. The summed E-state index contributed by atoms with van der Waals surface area (Å²) < 4.78 is 0. The standard InChI is InChI=1S/C10H11N3O2/c1-6(7-2-3-7)12-10-11-5-4-8(13-10)9(14)15/h4-5,7H,1-3H2,(H,14,15)(H,11,12,13). The highest BCUT2D eigenvalue weighted by molar-refractivity contribution is 5.85. The Kier molecular flexibility index (Phi) is 2.37. The number of allylic oxidation sites excluding steroid dienone is 1. The number of carbonyl (C=O) groups is 1. The minimum Gasteiger partial charge on any atom is -0.477 e. The van der Waals surface area contributed by atoms with Crippen LogP contribution in [0.15, 0.2) is 24.5 Å². The summed E-state index contributed by atoms with van der Waals surface area (Å²) in [5.41, 5.74) is 0.841. The van der Waals surface area contributed by atoms with Gasteiger partial charge in [0.1, 0.15) is 0 Å². The zero-order chi connectivity index (χ0) is 10.8. The molecule has 15 heavy (non-hydrogen) atoms. The molecule has 1 heterocycles. The van der Waals surface area contributed by atoms with E-state index >= 15 is 0 Å². The maximum absolute atomic E-state index is 10.6. The summed E-state index contributed by atoms with van der Waals surface area (Å²) in [6.07, 6.45) is 3.67. The molecule has 5 heteroatoms. The molecule has 0 atom stereocenters. The Labute approximate surface area is 86.9 Å². The van der Waals surface area contributed by atoms with Crippen LogP contribution in [0.1, 0.15) is 23.3 Å². The van der Waals surface area contributed by atoms with E-state index in [0.717, 1.165) is 18.5 Å². The van der Waals surface area contributed by atoms with E-state index in [9.17, 15) is 4.79 Å². The molecule has 0 spiro atoms. The Bertz CT molecular complexity index is 413. The van der Waals surface area contributed by atoms with Crippen molar-refractivity contribution < 1.29 is 9.90 Å². The van der Waals surface area contributed by atoms with Crippen molar-refractivity contribution in [3.05, 3.63) is 30.2 Å². The number of aromatic carboxylic acids is 1. The molecule has 1 aliphatic carbocycles. The highest BCUT2D eigenvalue weighted by Gasteiger charge is 2.25. The number of anilines is 1. The molecule has 1 aliphatic rings. The monoisotopic (exact) mass is 205 g/mol. The molecule has 5 nitrogen and oxygen atoms in total. The normalized spacial score (nSPS) is 14.7. The van der Waals surface area contributed by atoms with Gasteiger partial charge >= 0.3 is 5.97 Å². The Hall–Kier alpha value is -1.91. The van der Waals surface area contributed by atoms with Crippen molar-refractivity contribution >= 4 is 11.9 Å². The van der Waals surface area contributed by atoms with Crippen LogP contribution in [0.2, 0.25) is 0 Å². The first-order valence-corrected chi connectivity index (χ1v) is 4.69.